The fraction of sp³-hybridized carbons (Fsp3) is 0.174. The van der Waals surface area contributed by atoms with Crippen molar-refractivity contribution in [1.82, 2.24) is 19.9 Å². The van der Waals surface area contributed by atoms with E-state index in [2.05, 4.69) is 14.9 Å². The summed E-state index contributed by atoms with van der Waals surface area (Å²) >= 11 is 6.13. The van der Waals surface area contributed by atoms with E-state index in [0.29, 0.717) is 31.0 Å². The second kappa shape index (κ2) is 8.88. The van der Waals surface area contributed by atoms with Crippen LogP contribution < -0.4 is 5.32 Å². The Balaban J connectivity index is 1.49. The maximum atomic E-state index is 12.4. The third kappa shape index (κ3) is 4.81. The number of carbonyl (C=O) groups is 1. The fourth-order valence-electron chi connectivity index (χ4n) is 3.33. The zero-order valence-electron chi connectivity index (χ0n) is 15.9. The van der Waals surface area contributed by atoms with E-state index in [1.54, 1.807) is 6.20 Å². The smallest absolute Gasteiger partial charge is 0.222 e. The van der Waals surface area contributed by atoms with Crippen LogP contribution in [0.3, 0.4) is 0 Å². The van der Waals surface area contributed by atoms with Crippen LogP contribution in [0.1, 0.15) is 23.5 Å². The predicted octanol–water partition coefficient (Wildman–Crippen LogP) is 4.38. The minimum absolute atomic E-state index is 0.0119. The van der Waals surface area contributed by atoms with E-state index < -0.39 is 0 Å². The lowest BCUT2D eigenvalue weighted by Crippen LogP contribution is -2.24. The lowest BCUT2D eigenvalue weighted by atomic mass is 10.1. The van der Waals surface area contributed by atoms with Gasteiger partial charge in [-0.25, -0.2) is 4.98 Å². The molecule has 0 atom stereocenters. The summed E-state index contributed by atoms with van der Waals surface area (Å²) in [6.45, 7) is 0.990. The molecule has 4 aromatic rings. The predicted molar refractivity (Wildman–Crippen MR) is 115 cm³/mol. The van der Waals surface area contributed by atoms with Gasteiger partial charge in [0.1, 0.15) is 5.82 Å². The van der Waals surface area contributed by atoms with Crippen molar-refractivity contribution in [3.05, 3.63) is 95.0 Å². The fourth-order valence-corrected chi connectivity index (χ4v) is 3.55. The highest BCUT2D eigenvalue weighted by molar-refractivity contribution is 6.30. The van der Waals surface area contributed by atoms with Gasteiger partial charge in [-0.15, -0.1) is 0 Å². The van der Waals surface area contributed by atoms with E-state index in [4.69, 9.17) is 16.6 Å². The minimum atomic E-state index is -0.0119. The molecule has 0 saturated carbocycles. The number of halogens is 1. The Morgan fingerprint density at radius 1 is 1.03 bits per heavy atom. The van der Waals surface area contributed by atoms with Crippen LogP contribution in [0.5, 0.6) is 0 Å². The summed E-state index contributed by atoms with van der Waals surface area (Å²) in [5.41, 5.74) is 3.89. The molecule has 0 bridgehead atoms. The summed E-state index contributed by atoms with van der Waals surface area (Å²) in [5.74, 6) is 0.910. The van der Waals surface area contributed by atoms with Crippen LogP contribution in [0.2, 0.25) is 5.02 Å². The number of para-hydroxylation sites is 2. The van der Waals surface area contributed by atoms with Crippen molar-refractivity contribution in [2.45, 2.75) is 25.9 Å². The van der Waals surface area contributed by atoms with Crippen molar-refractivity contribution < 1.29 is 4.79 Å². The Labute approximate surface area is 174 Å². The lowest BCUT2D eigenvalue weighted by molar-refractivity contribution is -0.121. The molecule has 0 aliphatic carbocycles. The zero-order chi connectivity index (χ0) is 20.1. The summed E-state index contributed by atoms with van der Waals surface area (Å²) < 4.78 is 2.12. The monoisotopic (exact) mass is 404 g/mol. The normalized spacial score (nSPS) is 10.9. The number of amides is 1. The molecule has 0 aliphatic rings. The highest BCUT2D eigenvalue weighted by atomic mass is 35.5. The van der Waals surface area contributed by atoms with Crippen LogP contribution in [-0.2, 0) is 24.3 Å². The molecular weight excluding hydrogens is 384 g/mol. The highest BCUT2D eigenvalue weighted by Gasteiger charge is 2.13. The molecule has 5 nitrogen and oxygen atoms in total. The van der Waals surface area contributed by atoms with Crippen LogP contribution in [0.15, 0.2) is 72.9 Å². The Kier molecular flexibility index (Phi) is 5.86. The SMILES string of the molecule is O=C(CCn1c(Cc2cccc(Cl)c2)nc2ccccc21)NCc1ccccn1. The van der Waals surface area contributed by atoms with E-state index in [9.17, 15) is 4.79 Å². The third-order valence-electron chi connectivity index (χ3n) is 4.74. The van der Waals surface area contributed by atoms with Crippen LogP contribution in [0.25, 0.3) is 11.0 Å². The molecule has 4 rings (SSSR count). The number of pyridine rings is 1. The second-order valence-corrected chi connectivity index (χ2v) is 7.26. The number of imidazole rings is 1. The molecule has 29 heavy (non-hydrogen) atoms. The number of hydrogen-bond donors (Lipinski definition) is 1. The van der Waals surface area contributed by atoms with Crippen LogP contribution in [-0.4, -0.2) is 20.4 Å². The summed E-state index contributed by atoms with van der Waals surface area (Å²) in [7, 11) is 0. The van der Waals surface area contributed by atoms with Crippen molar-refractivity contribution in [2.75, 3.05) is 0 Å². The van der Waals surface area contributed by atoms with Crippen LogP contribution in [0, 0.1) is 0 Å². The second-order valence-electron chi connectivity index (χ2n) is 6.82. The number of aromatic nitrogens is 3. The van der Waals surface area contributed by atoms with Gasteiger partial charge < -0.3 is 9.88 Å². The van der Waals surface area contributed by atoms with Crippen molar-refractivity contribution in [2.24, 2.45) is 0 Å². The molecule has 1 N–H and O–H groups in total. The van der Waals surface area contributed by atoms with Gasteiger partial charge >= 0.3 is 0 Å². The Morgan fingerprint density at radius 2 is 1.90 bits per heavy atom. The molecule has 2 heterocycles. The number of benzene rings is 2. The van der Waals surface area contributed by atoms with Crippen molar-refractivity contribution in [3.63, 3.8) is 0 Å². The average Bonchev–Trinajstić information content (AvgIpc) is 3.08. The van der Waals surface area contributed by atoms with Gasteiger partial charge in [0.15, 0.2) is 0 Å². The number of nitrogens with zero attached hydrogens (tertiary/aromatic N) is 3. The maximum absolute atomic E-state index is 12.4. The number of aryl methyl sites for hydroxylation is 1. The van der Waals surface area contributed by atoms with E-state index in [0.717, 1.165) is 28.1 Å². The number of carbonyl (C=O) groups excluding carboxylic acids is 1. The zero-order valence-corrected chi connectivity index (χ0v) is 16.6. The van der Waals surface area contributed by atoms with Gasteiger partial charge in [0.25, 0.3) is 0 Å². The van der Waals surface area contributed by atoms with Gasteiger partial charge in [-0.2, -0.15) is 0 Å². The van der Waals surface area contributed by atoms with Gasteiger partial charge in [-0.1, -0.05) is 41.9 Å². The summed E-state index contributed by atoms with van der Waals surface area (Å²) in [6.07, 6.45) is 2.75. The largest absolute Gasteiger partial charge is 0.350 e. The molecule has 0 aliphatic heterocycles. The lowest BCUT2D eigenvalue weighted by Gasteiger charge is -2.10. The van der Waals surface area contributed by atoms with Crippen LogP contribution >= 0.6 is 11.6 Å². The Hall–Kier alpha value is -3.18. The van der Waals surface area contributed by atoms with E-state index in [-0.39, 0.29) is 5.91 Å². The Bertz CT molecular complexity index is 1120. The van der Waals surface area contributed by atoms with Gasteiger partial charge in [-0.05, 0) is 42.0 Å². The first-order valence-corrected chi connectivity index (χ1v) is 9.92. The Morgan fingerprint density at radius 3 is 2.72 bits per heavy atom. The summed E-state index contributed by atoms with van der Waals surface area (Å²) in [5, 5.41) is 3.64. The quantitative estimate of drug-likeness (QED) is 0.497. The van der Waals surface area contributed by atoms with Crippen LogP contribution in [0.4, 0.5) is 0 Å². The number of rotatable bonds is 7. The first kappa shape index (κ1) is 19.2. The van der Waals surface area contributed by atoms with E-state index >= 15 is 0 Å². The summed E-state index contributed by atoms with van der Waals surface area (Å²) in [4.78, 5) is 21.4. The van der Waals surface area contributed by atoms with E-state index in [1.165, 1.54) is 0 Å². The number of hydrogen-bond acceptors (Lipinski definition) is 3. The standard InChI is InChI=1S/C23H21ClN4O/c24-18-7-5-6-17(14-18)15-22-27-20-9-1-2-10-21(20)28(22)13-11-23(29)26-16-19-8-3-4-12-25-19/h1-10,12,14H,11,13,15-16H2,(H,26,29). The molecule has 0 fully saturated rings. The maximum Gasteiger partial charge on any atom is 0.222 e. The van der Waals surface area contributed by atoms with Crippen molar-refractivity contribution in [1.29, 1.82) is 0 Å². The van der Waals surface area contributed by atoms with Gasteiger partial charge in [0, 0.05) is 30.6 Å². The van der Waals surface area contributed by atoms with Gasteiger partial charge in [0.2, 0.25) is 5.91 Å². The van der Waals surface area contributed by atoms with Gasteiger partial charge in [-0.3, -0.25) is 9.78 Å². The number of nitrogens with one attached hydrogen (secondary N) is 1. The molecular formula is C23H21ClN4O. The first-order valence-electron chi connectivity index (χ1n) is 9.54. The molecule has 0 radical (unpaired) electrons. The molecule has 2 aromatic heterocycles. The highest BCUT2D eigenvalue weighted by Crippen LogP contribution is 2.20. The molecule has 6 heteroatoms. The van der Waals surface area contributed by atoms with Crippen molar-refractivity contribution >= 4 is 28.5 Å². The molecule has 146 valence electrons. The van der Waals surface area contributed by atoms with Gasteiger partial charge in [0.05, 0.1) is 23.3 Å². The molecule has 2 aromatic carbocycles. The molecule has 0 unspecified atom stereocenters. The van der Waals surface area contributed by atoms with Crippen molar-refractivity contribution in [3.8, 4) is 0 Å². The first-order chi connectivity index (χ1) is 14.2. The molecule has 0 saturated heterocycles. The third-order valence-corrected chi connectivity index (χ3v) is 4.98. The molecule has 0 spiro atoms. The topological polar surface area (TPSA) is 59.8 Å². The average molecular weight is 405 g/mol. The summed E-state index contributed by atoms with van der Waals surface area (Å²) in [6, 6.07) is 21.4. The molecule has 1 amide bonds. The van der Waals surface area contributed by atoms with E-state index in [1.807, 2.05) is 66.7 Å². The minimum Gasteiger partial charge on any atom is -0.350 e. The number of fused-ring (bicyclic) bond motifs is 1.